The fourth-order valence-corrected chi connectivity index (χ4v) is 3.82. The van der Waals surface area contributed by atoms with E-state index in [0.29, 0.717) is 16.5 Å². The van der Waals surface area contributed by atoms with Crippen molar-refractivity contribution in [3.05, 3.63) is 95.6 Å². The molecule has 0 unspecified atom stereocenters. The van der Waals surface area contributed by atoms with Crippen LogP contribution in [-0.4, -0.2) is 23.8 Å². The highest BCUT2D eigenvalue weighted by molar-refractivity contribution is 6.31. The molecule has 7 heteroatoms. The molecule has 4 aromatic carbocycles. The number of imide groups is 2. The fraction of sp³-hybridized carbons (Fsp3) is 0. The molecule has 1 heterocycles. The maximum absolute atomic E-state index is 13.1. The third kappa shape index (κ3) is 3.72. The van der Waals surface area contributed by atoms with E-state index in [4.69, 9.17) is 4.74 Å². The van der Waals surface area contributed by atoms with Crippen molar-refractivity contribution in [1.29, 1.82) is 0 Å². The summed E-state index contributed by atoms with van der Waals surface area (Å²) in [4.78, 5) is 49.1. The Bertz CT molecular complexity index is 1490. The summed E-state index contributed by atoms with van der Waals surface area (Å²) < 4.78 is 5.77. The quantitative estimate of drug-likeness (QED) is 0.219. The van der Waals surface area contributed by atoms with Crippen LogP contribution in [0.25, 0.3) is 27.6 Å². The number of barbiturate groups is 1. The molecule has 2 N–H and O–H groups in total. The molecule has 1 aliphatic rings. The van der Waals surface area contributed by atoms with E-state index < -0.39 is 23.8 Å². The summed E-state index contributed by atoms with van der Waals surface area (Å²) in [6, 6.07) is 22.6. The van der Waals surface area contributed by atoms with Crippen molar-refractivity contribution < 1.29 is 23.9 Å². The van der Waals surface area contributed by atoms with E-state index in [1.54, 1.807) is 36.4 Å². The first-order valence-electron chi connectivity index (χ1n) is 10.1. The summed E-state index contributed by atoms with van der Waals surface area (Å²) >= 11 is 0. The van der Waals surface area contributed by atoms with Crippen LogP contribution in [0, 0.1) is 0 Å². The second-order valence-corrected chi connectivity index (χ2v) is 7.41. The Hall–Kier alpha value is -4.78. The highest BCUT2D eigenvalue weighted by Crippen LogP contribution is 2.32. The number of urea groups is 1. The van der Waals surface area contributed by atoms with E-state index in [1.165, 1.54) is 6.08 Å². The largest absolute Gasteiger partial charge is 0.422 e. The van der Waals surface area contributed by atoms with Crippen molar-refractivity contribution in [3.8, 4) is 5.75 Å². The van der Waals surface area contributed by atoms with Gasteiger partial charge in [-0.15, -0.1) is 0 Å². The first kappa shape index (κ1) is 20.1. The van der Waals surface area contributed by atoms with Crippen LogP contribution in [0.15, 0.2) is 84.4 Å². The topological polar surface area (TPSA) is 102 Å². The lowest BCUT2D eigenvalue weighted by Gasteiger charge is -2.16. The van der Waals surface area contributed by atoms with Gasteiger partial charge in [0.2, 0.25) is 0 Å². The number of fused-ring (bicyclic) bond motifs is 2. The van der Waals surface area contributed by atoms with Gasteiger partial charge in [0.25, 0.3) is 11.8 Å². The van der Waals surface area contributed by atoms with Gasteiger partial charge in [0.15, 0.2) is 0 Å². The first-order valence-corrected chi connectivity index (χ1v) is 10.1. The van der Waals surface area contributed by atoms with Crippen LogP contribution in [0.3, 0.4) is 0 Å². The number of amides is 4. The molecule has 1 saturated heterocycles. The molecule has 1 aliphatic heterocycles. The fourth-order valence-electron chi connectivity index (χ4n) is 3.82. The Morgan fingerprint density at radius 3 is 2.03 bits per heavy atom. The highest BCUT2D eigenvalue weighted by Gasteiger charge is 2.28. The number of hydrogen-bond acceptors (Lipinski definition) is 5. The summed E-state index contributed by atoms with van der Waals surface area (Å²) in [7, 11) is 0. The summed E-state index contributed by atoms with van der Waals surface area (Å²) in [6.07, 6.45) is 1.32. The normalized spacial score (nSPS) is 13.6. The molecule has 5 rings (SSSR count). The lowest BCUT2D eigenvalue weighted by Crippen LogP contribution is -2.51. The Morgan fingerprint density at radius 1 is 0.697 bits per heavy atom. The summed E-state index contributed by atoms with van der Waals surface area (Å²) in [5, 5.41) is 7.23. The number of benzene rings is 4. The van der Waals surface area contributed by atoms with Gasteiger partial charge >= 0.3 is 12.0 Å². The summed E-state index contributed by atoms with van der Waals surface area (Å²) in [5.74, 6) is -2.06. The van der Waals surface area contributed by atoms with Crippen molar-refractivity contribution in [2.24, 2.45) is 0 Å². The van der Waals surface area contributed by atoms with Gasteiger partial charge in [-0.05, 0) is 39.8 Å². The van der Waals surface area contributed by atoms with Crippen molar-refractivity contribution in [3.63, 3.8) is 0 Å². The van der Waals surface area contributed by atoms with Crippen LogP contribution in [-0.2, 0) is 9.59 Å². The Labute approximate surface area is 187 Å². The predicted molar refractivity (Wildman–Crippen MR) is 123 cm³/mol. The zero-order valence-electron chi connectivity index (χ0n) is 17.1. The first-order chi connectivity index (χ1) is 16.0. The molecule has 0 aromatic heterocycles. The lowest BCUT2D eigenvalue weighted by molar-refractivity contribution is -0.123. The van der Waals surface area contributed by atoms with Crippen molar-refractivity contribution in [2.45, 2.75) is 0 Å². The van der Waals surface area contributed by atoms with Gasteiger partial charge in [-0.2, -0.15) is 0 Å². The second kappa shape index (κ2) is 8.05. The van der Waals surface area contributed by atoms with Gasteiger partial charge in [-0.1, -0.05) is 66.7 Å². The molecule has 0 radical (unpaired) electrons. The minimum Gasteiger partial charge on any atom is -0.422 e. The zero-order valence-corrected chi connectivity index (χ0v) is 17.1. The molecule has 0 bridgehead atoms. The number of rotatable bonds is 3. The molecule has 0 atom stereocenters. The Morgan fingerprint density at radius 2 is 1.30 bits per heavy atom. The SMILES string of the molecule is O=C1NC(=O)C(=Cc2c(OC(=O)c3cccc4ccccc34)ccc3ccccc23)C(=O)N1. The van der Waals surface area contributed by atoms with E-state index in [-0.39, 0.29) is 11.3 Å². The van der Waals surface area contributed by atoms with E-state index in [9.17, 15) is 19.2 Å². The minimum atomic E-state index is -0.886. The van der Waals surface area contributed by atoms with Gasteiger partial charge in [-0.3, -0.25) is 20.2 Å². The van der Waals surface area contributed by atoms with Crippen LogP contribution < -0.4 is 15.4 Å². The number of esters is 1. The molecular weight excluding hydrogens is 420 g/mol. The molecular formula is C26H16N2O5. The number of ether oxygens (including phenoxy) is 1. The number of nitrogens with one attached hydrogen (secondary N) is 2. The third-order valence-corrected chi connectivity index (χ3v) is 5.37. The van der Waals surface area contributed by atoms with Crippen LogP contribution in [0.1, 0.15) is 15.9 Å². The molecule has 7 nitrogen and oxygen atoms in total. The number of carbonyl (C=O) groups excluding carboxylic acids is 4. The molecule has 33 heavy (non-hydrogen) atoms. The molecule has 0 aliphatic carbocycles. The van der Waals surface area contributed by atoms with Crippen LogP contribution in [0.5, 0.6) is 5.75 Å². The summed E-state index contributed by atoms with van der Waals surface area (Å²) in [5.41, 5.74) is 0.489. The van der Waals surface area contributed by atoms with Crippen LogP contribution in [0.4, 0.5) is 4.79 Å². The average molecular weight is 436 g/mol. The van der Waals surface area contributed by atoms with E-state index >= 15 is 0 Å². The Kier molecular flexibility index (Phi) is 4.91. The smallest absolute Gasteiger partial charge is 0.344 e. The molecule has 160 valence electrons. The standard InChI is InChI=1S/C26H16N2O5/c29-23-21(24(30)28-26(32)27-23)14-20-18-10-4-2-7-16(18)12-13-22(20)33-25(31)19-11-5-8-15-6-1-3-9-17(15)19/h1-14H,(H2,27,28,29,30,32). The van der Waals surface area contributed by atoms with Gasteiger partial charge < -0.3 is 4.74 Å². The average Bonchev–Trinajstić information content (AvgIpc) is 2.81. The van der Waals surface area contributed by atoms with E-state index in [0.717, 1.165) is 16.2 Å². The lowest BCUT2D eigenvalue weighted by atomic mass is 10.00. The highest BCUT2D eigenvalue weighted by atomic mass is 16.5. The monoisotopic (exact) mass is 436 g/mol. The van der Waals surface area contributed by atoms with E-state index in [1.807, 2.05) is 53.1 Å². The van der Waals surface area contributed by atoms with Crippen LogP contribution >= 0.6 is 0 Å². The van der Waals surface area contributed by atoms with Gasteiger partial charge in [0.05, 0.1) is 5.56 Å². The summed E-state index contributed by atoms with van der Waals surface area (Å²) in [6.45, 7) is 0. The zero-order chi connectivity index (χ0) is 22.9. The van der Waals surface area contributed by atoms with Crippen LogP contribution in [0.2, 0.25) is 0 Å². The predicted octanol–water partition coefficient (Wildman–Crippen LogP) is 3.96. The van der Waals surface area contributed by atoms with Gasteiger partial charge in [0, 0.05) is 5.56 Å². The van der Waals surface area contributed by atoms with Gasteiger partial charge in [0.1, 0.15) is 11.3 Å². The Balaban J connectivity index is 1.62. The molecule has 4 aromatic rings. The third-order valence-electron chi connectivity index (χ3n) is 5.37. The molecule has 4 amide bonds. The maximum Gasteiger partial charge on any atom is 0.344 e. The molecule has 0 spiro atoms. The second-order valence-electron chi connectivity index (χ2n) is 7.41. The molecule has 1 fully saturated rings. The minimum absolute atomic E-state index is 0.177. The van der Waals surface area contributed by atoms with Crippen molar-refractivity contribution in [2.75, 3.05) is 0 Å². The van der Waals surface area contributed by atoms with E-state index in [2.05, 4.69) is 0 Å². The number of carbonyl (C=O) groups is 4. The maximum atomic E-state index is 13.1. The molecule has 0 saturated carbocycles. The van der Waals surface area contributed by atoms with Crippen molar-refractivity contribution >= 4 is 51.4 Å². The van der Waals surface area contributed by atoms with Gasteiger partial charge in [-0.25, -0.2) is 9.59 Å². The number of hydrogen-bond donors (Lipinski definition) is 2. The van der Waals surface area contributed by atoms with Crippen molar-refractivity contribution in [1.82, 2.24) is 10.6 Å².